The zero-order chi connectivity index (χ0) is 13.9. The average Bonchev–Trinajstić information content (AvgIpc) is 2.47. The van der Waals surface area contributed by atoms with Crippen LogP contribution in [0.3, 0.4) is 0 Å². The van der Waals surface area contributed by atoms with Crippen LogP contribution in [0.1, 0.15) is 52.1 Å². The van der Waals surface area contributed by atoms with E-state index in [1.54, 1.807) is 0 Å². The molecule has 0 aromatic heterocycles. The third-order valence-electron chi connectivity index (χ3n) is 4.74. The van der Waals surface area contributed by atoms with Crippen LogP contribution in [0.2, 0.25) is 0 Å². The minimum Gasteiger partial charge on any atom is -0.307 e. The largest absolute Gasteiger partial charge is 0.307 e. The Hall–Kier alpha value is -0.860. The molecule has 0 bridgehead atoms. The van der Waals surface area contributed by atoms with Gasteiger partial charge in [-0.2, -0.15) is 0 Å². The summed E-state index contributed by atoms with van der Waals surface area (Å²) in [6, 6.07) is 12.0. The second-order valence-electron chi connectivity index (χ2n) is 6.25. The van der Waals surface area contributed by atoms with Crippen molar-refractivity contribution >= 4 is 0 Å². The van der Waals surface area contributed by atoms with Gasteiger partial charge >= 0.3 is 0 Å². The van der Waals surface area contributed by atoms with Gasteiger partial charge in [-0.15, -0.1) is 0 Å². The van der Waals surface area contributed by atoms with Crippen LogP contribution >= 0.6 is 0 Å². The lowest BCUT2D eigenvalue weighted by molar-refractivity contribution is 0.0259. The molecular weight excluding hydrogens is 232 g/mol. The van der Waals surface area contributed by atoms with Crippen molar-refractivity contribution in [3.05, 3.63) is 35.9 Å². The Morgan fingerprint density at radius 1 is 1.21 bits per heavy atom. The number of piperazine rings is 1. The monoisotopic (exact) mass is 260 g/mol. The van der Waals surface area contributed by atoms with Crippen molar-refractivity contribution in [3.63, 3.8) is 0 Å². The fraction of sp³-hybridized carbons (Fsp3) is 0.647. The Bertz CT molecular complexity index is 386. The fourth-order valence-electron chi connectivity index (χ4n) is 3.02. The van der Waals surface area contributed by atoms with Crippen molar-refractivity contribution in [2.75, 3.05) is 13.1 Å². The van der Waals surface area contributed by atoms with Gasteiger partial charge in [0.2, 0.25) is 0 Å². The number of nitrogens with zero attached hydrogens (tertiary/aromatic N) is 1. The van der Waals surface area contributed by atoms with E-state index in [0.717, 1.165) is 13.1 Å². The van der Waals surface area contributed by atoms with Gasteiger partial charge in [-0.05, 0) is 32.3 Å². The van der Waals surface area contributed by atoms with Crippen LogP contribution in [0.25, 0.3) is 0 Å². The molecule has 1 aliphatic heterocycles. The number of nitrogens with one attached hydrogen (secondary N) is 1. The first kappa shape index (κ1) is 14.5. The van der Waals surface area contributed by atoms with Crippen molar-refractivity contribution in [2.45, 2.75) is 58.2 Å². The van der Waals surface area contributed by atoms with E-state index < -0.39 is 0 Å². The van der Waals surface area contributed by atoms with Crippen LogP contribution in [-0.4, -0.2) is 29.6 Å². The van der Waals surface area contributed by atoms with E-state index in [1.165, 1.54) is 18.4 Å². The van der Waals surface area contributed by atoms with Crippen LogP contribution in [0.5, 0.6) is 0 Å². The molecule has 1 aromatic carbocycles. The molecule has 2 atom stereocenters. The molecule has 1 N–H and O–H groups in total. The maximum atomic E-state index is 3.72. The number of hydrogen-bond donors (Lipinski definition) is 1. The molecule has 1 saturated heterocycles. The second-order valence-corrected chi connectivity index (χ2v) is 6.25. The molecule has 106 valence electrons. The van der Waals surface area contributed by atoms with Crippen molar-refractivity contribution in [3.8, 4) is 0 Å². The molecular formula is C17H28N2. The van der Waals surface area contributed by atoms with Gasteiger partial charge in [-0.25, -0.2) is 0 Å². The standard InChI is InChI=1S/C17H28N2/c1-5-15-12-18-16(14-10-8-7-9-11-14)13-19(15)17(3,4)6-2/h7-11,15-16,18H,5-6,12-13H2,1-4H3. The summed E-state index contributed by atoms with van der Waals surface area (Å²) < 4.78 is 0. The molecule has 0 amide bonds. The van der Waals surface area contributed by atoms with E-state index in [1.807, 2.05) is 0 Å². The minimum atomic E-state index is 0.288. The first-order valence-electron chi connectivity index (χ1n) is 7.63. The summed E-state index contributed by atoms with van der Waals surface area (Å²) in [5.74, 6) is 0. The van der Waals surface area contributed by atoms with E-state index in [2.05, 4.69) is 68.2 Å². The molecule has 1 aromatic rings. The van der Waals surface area contributed by atoms with Crippen molar-refractivity contribution in [1.82, 2.24) is 10.2 Å². The molecule has 2 nitrogen and oxygen atoms in total. The van der Waals surface area contributed by atoms with E-state index >= 15 is 0 Å². The van der Waals surface area contributed by atoms with Gasteiger partial charge in [0.1, 0.15) is 0 Å². The first-order chi connectivity index (χ1) is 9.08. The quantitative estimate of drug-likeness (QED) is 0.890. The molecule has 19 heavy (non-hydrogen) atoms. The predicted octanol–water partition coefficient (Wildman–Crippen LogP) is 3.60. The van der Waals surface area contributed by atoms with E-state index in [-0.39, 0.29) is 5.54 Å². The summed E-state index contributed by atoms with van der Waals surface area (Å²) in [5, 5.41) is 3.72. The van der Waals surface area contributed by atoms with E-state index in [9.17, 15) is 0 Å². The molecule has 1 aliphatic rings. The number of hydrogen-bond acceptors (Lipinski definition) is 2. The highest BCUT2D eigenvalue weighted by molar-refractivity contribution is 5.20. The SMILES string of the molecule is CCC1CNC(c2ccccc2)CN1C(C)(C)CC. The van der Waals surface area contributed by atoms with Crippen LogP contribution in [-0.2, 0) is 0 Å². The molecule has 2 heteroatoms. The summed E-state index contributed by atoms with van der Waals surface area (Å²) in [4.78, 5) is 2.71. The third-order valence-corrected chi connectivity index (χ3v) is 4.74. The number of benzene rings is 1. The summed E-state index contributed by atoms with van der Waals surface area (Å²) in [6.45, 7) is 11.6. The van der Waals surface area contributed by atoms with Crippen LogP contribution in [0.15, 0.2) is 30.3 Å². The van der Waals surface area contributed by atoms with Crippen LogP contribution < -0.4 is 5.32 Å². The lowest BCUT2D eigenvalue weighted by atomic mass is 9.91. The molecule has 0 spiro atoms. The zero-order valence-electron chi connectivity index (χ0n) is 12.8. The van der Waals surface area contributed by atoms with Crippen molar-refractivity contribution < 1.29 is 0 Å². The van der Waals surface area contributed by atoms with Crippen molar-refractivity contribution in [1.29, 1.82) is 0 Å². The predicted molar refractivity (Wildman–Crippen MR) is 82.3 cm³/mol. The van der Waals surface area contributed by atoms with Gasteiger partial charge in [0.15, 0.2) is 0 Å². The Labute approximate surface area is 118 Å². The highest BCUT2D eigenvalue weighted by Crippen LogP contribution is 2.29. The maximum absolute atomic E-state index is 3.72. The van der Waals surface area contributed by atoms with Crippen LogP contribution in [0.4, 0.5) is 0 Å². The lowest BCUT2D eigenvalue weighted by Crippen LogP contribution is -2.59. The van der Waals surface area contributed by atoms with Gasteiger partial charge < -0.3 is 5.32 Å². The highest BCUT2D eigenvalue weighted by Gasteiger charge is 2.35. The Morgan fingerprint density at radius 3 is 2.47 bits per heavy atom. The highest BCUT2D eigenvalue weighted by atomic mass is 15.3. The van der Waals surface area contributed by atoms with Gasteiger partial charge in [0, 0.05) is 30.7 Å². The second kappa shape index (κ2) is 6.06. The topological polar surface area (TPSA) is 15.3 Å². The maximum Gasteiger partial charge on any atom is 0.0450 e. The fourth-order valence-corrected chi connectivity index (χ4v) is 3.02. The zero-order valence-corrected chi connectivity index (χ0v) is 12.8. The molecule has 0 saturated carbocycles. The van der Waals surface area contributed by atoms with E-state index in [0.29, 0.717) is 12.1 Å². The van der Waals surface area contributed by atoms with Crippen LogP contribution in [0, 0.1) is 0 Å². The summed E-state index contributed by atoms with van der Waals surface area (Å²) in [7, 11) is 0. The molecule has 0 radical (unpaired) electrons. The molecule has 1 heterocycles. The van der Waals surface area contributed by atoms with Gasteiger partial charge in [-0.1, -0.05) is 44.2 Å². The Morgan fingerprint density at radius 2 is 1.89 bits per heavy atom. The first-order valence-corrected chi connectivity index (χ1v) is 7.63. The molecule has 0 aliphatic carbocycles. The average molecular weight is 260 g/mol. The van der Waals surface area contributed by atoms with Crippen molar-refractivity contribution in [2.24, 2.45) is 0 Å². The summed E-state index contributed by atoms with van der Waals surface area (Å²) in [5.41, 5.74) is 1.70. The molecule has 2 unspecified atom stereocenters. The van der Waals surface area contributed by atoms with Gasteiger partial charge in [-0.3, -0.25) is 4.90 Å². The van der Waals surface area contributed by atoms with Gasteiger partial charge in [0.05, 0.1) is 0 Å². The lowest BCUT2D eigenvalue weighted by Gasteiger charge is -2.49. The Balaban J connectivity index is 2.16. The minimum absolute atomic E-state index is 0.288. The van der Waals surface area contributed by atoms with E-state index in [4.69, 9.17) is 0 Å². The summed E-state index contributed by atoms with van der Waals surface area (Å²) >= 11 is 0. The number of rotatable bonds is 4. The van der Waals surface area contributed by atoms with Gasteiger partial charge in [0.25, 0.3) is 0 Å². The smallest absolute Gasteiger partial charge is 0.0450 e. The Kier molecular flexibility index (Phi) is 4.64. The third kappa shape index (κ3) is 3.18. The molecule has 1 fully saturated rings. The molecule has 2 rings (SSSR count). The summed E-state index contributed by atoms with van der Waals surface area (Å²) in [6.07, 6.45) is 2.42. The normalized spacial score (nSPS) is 25.5.